The van der Waals surface area contributed by atoms with Crippen LogP contribution in [0.25, 0.3) is 0 Å². The molecule has 1 N–H and O–H groups in total. The molecular formula is C14H11FN2O4. The van der Waals surface area contributed by atoms with E-state index in [-0.39, 0.29) is 17.7 Å². The zero-order valence-electron chi connectivity index (χ0n) is 10.8. The second kappa shape index (κ2) is 6.08. The van der Waals surface area contributed by atoms with Gasteiger partial charge in [0.25, 0.3) is 5.69 Å². The number of carbonyl (C=O) groups is 1. The maximum Gasteiger partial charge on any atom is 0.311 e. The van der Waals surface area contributed by atoms with Crippen molar-refractivity contribution in [2.45, 2.75) is 12.3 Å². The molecule has 0 radical (unpaired) electrons. The quantitative estimate of drug-likeness (QED) is 0.674. The van der Waals surface area contributed by atoms with Gasteiger partial charge in [0.15, 0.2) is 0 Å². The molecule has 0 saturated heterocycles. The lowest BCUT2D eigenvalue weighted by Gasteiger charge is -2.13. The first-order valence-electron chi connectivity index (χ1n) is 6.04. The Kier molecular flexibility index (Phi) is 4.22. The molecule has 1 atom stereocenters. The van der Waals surface area contributed by atoms with Crippen LogP contribution in [-0.2, 0) is 11.2 Å². The van der Waals surface area contributed by atoms with Crippen LogP contribution >= 0.6 is 0 Å². The van der Waals surface area contributed by atoms with Crippen LogP contribution in [0.1, 0.15) is 17.0 Å². The summed E-state index contributed by atoms with van der Waals surface area (Å²) in [5.41, 5.74) is 0.140. The Balaban J connectivity index is 2.41. The van der Waals surface area contributed by atoms with Gasteiger partial charge in [-0.25, -0.2) is 4.39 Å². The van der Waals surface area contributed by atoms with Gasteiger partial charge in [-0.05, 0) is 30.2 Å². The third-order valence-corrected chi connectivity index (χ3v) is 3.03. The number of carboxylic acid groups (broad SMARTS) is 1. The van der Waals surface area contributed by atoms with Crippen LogP contribution in [0.3, 0.4) is 0 Å². The van der Waals surface area contributed by atoms with E-state index >= 15 is 0 Å². The Morgan fingerprint density at radius 1 is 1.43 bits per heavy atom. The average Bonchev–Trinajstić information content (AvgIpc) is 2.44. The standard InChI is InChI=1S/C14H11FN2O4/c15-10-3-1-2-9(6-10)7-12(14(18)19)11-4-5-16-8-13(11)17(20)21/h1-6,8,12H,7H2,(H,18,19). The highest BCUT2D eigenvalue weighted by molar-refractivity contribution is 5.78. The van der Waals surface area contributed by atoms with E-state index < -0.39 is 22.6 Å². The molecule has 1 heterocycles. The van der Waals surface area contributed by atoms with Gasteiger partial charge >= 0.3 is 5.97 Å². The van der Waals surface area contributed by atoms with Gasteiger partial charge in [-0.1, -0.05) is 12.1 Å². The molecule has 2 aromatic rings. The molecule has 0 bridgehead atoms. The number of carboxylic acids is 1. The number of pyridine rings is 1. The van der Waals surface area contributed by atoms with E-state index in [2.05, 4.69) is 4.98 Å². The second-order valence-corrected chi connectivity index (χ2v) is 4.42. The summed E-state index contributed by atoms with van der Waals surface area (Å²) in [6, 6.07) is 6.80. The third kappa shape index (κ3) is 3.38. The van der Waals surface area contributed by atoms with Gasteiger partial charge in [0, 0.05) is 11.8 Å². The second-order valence-electron chi connectivity index (χ2n) is 4.42. The van der Waals surface area contributed by atoms with Crippen molar-refractivity contribution >= 4 is 11.7 Å². The Labute approximate surface area is 119 Å². The number of rotatable bonds is 5. The molecule has 6 nitrogen and oxygen atoms in total. The smallest absolute Gasteiger partial charge is 0.311 e. The summed E-state index contributed by atoms with van der Waals surface area (Å²) in [7, 11) is 0. The van der Waals surface area contributed by atoms with Crippen molar-refractivity contribution in [2.75, 3.05) is 0 Å². The lowest BCUT2D eigenvalue weighted by Crippen LogP contribution is -2.16. The van der Waals surface area contributed by atoms with E-state index in [0.29, 0.717) is 5.56 Å². The first-order valence-corrected chi connectivity index (χ1v) is 6.04. The summed E-state index contributed by atoms with van der Waals surface area (Å²) >= 11 is 0. The number of halogens is 1. The SMILES string of the molecule is O=C(O)C(Cc1cccc(F)c1)c1ccncc1[N+](=O)[O-]. The summed E-state index contributed by atoms with van der Waals surface area (Å²) in [5, 5.41) is 20.3. The summed E-state index contributed by atoms with van der Waals surface area (Å²) in [6.07, 6.45) is 2.26. The Hall–Kier alpha value is -2.83. The van der Waals surface area contributed by atoms with Gasteiger partial charge in [0.2, 0.25) is 0 Å². The molecule has 0 aliphatic heterocycles. The van der Waals surface area contributed by atoms with Crippen LogP contribution in [0, 0.1) is 15.9 Å². The minimum Gasteiger partial charge on any atom is -0.481 e. The molecule has 0 amide bonds. The zero-order valence-corrected chi connectivity index (χ0v) is 10.8. The fourth-order valence-corrected chi connectivity index (χ4v) is 2.07. The van der Waals surface area contributed by atoms with Crippen molar-refractivity contribution in [3.63, 3.8) is 0 Å². The number of nitro groups is 1. The molecule has 0 saturated carbocycles. The summed E-state index contributed by atoms with van der Waals surface area (Å²) in [5.74, 6) is -2.84. The monoisotopic (exact) mass is 290 g/mol. The number of aliphatic carboxylic acids is 1. The first-order chi connectivity index (χ1) is 9.99. The van der Waals surface area contributed by atoms with E-state index in [0.717, 1.165) is 6.20 Å². The summed E-state index contributed by atoms with van der Waals surface area (Å²) in [6.45, 7) is 0. The Bertz CT molecular complexity index is 690. The predicted octanol–water partition coefficient (Wildman–Crippen LogP) is 2.54. The van der Waals surface area contributed by atoms with Crippen molar-refractivity contribution < 1.29 is 19.2 Å². The molecule has 0 fully saturated rings. The summed E-state index contributed by atoms with van der Waals surface area (Å²) in [4.78, 5) is 25.4. The van der Waals surface area contributed by atoms with Crippen LogP contribution < -0.4 is 0 Å². The highest BCUT2D eigenvalue weighted by Crippen LogP contribution is 2.28. The van der Waals surface area contributed by atoms with Gasteiger partial charge < -0.3 is 5.11 Å². The molecule has 21 heavy (non-hydrogen) atoms. The van der Waals surface area contributed by atoms with Gasteiger partial charge in [0.05, 0.1) is 10.8 Å². The lowest BCUT2D eigenvalue weighted by molar-refractivity contribution is -0.386. The fraction of sp³-hybridized carbons (Fsp3) is 0.143. The Morgan fingerprint density at radius 3 is 2.81 bits per heavy atom. The van der Waals surface area contributed by atoms with E-state index in [1.54, 1.807) is 6.07 Å². The van der Waals surface area contributed by atoms with Crippen LogP contribution in [0.2, 0.25) is 0 Å². The van der Waals surface area contributed by atoms with Gasteiger partial charge in [-0.15, -0.1) is 0 Å². The minimum atomic E-state index is -1.21. The van der Waals surface area contributed by atoms with Gasteiger partial charge in [-0.3, -0.25) is 19.9 Å². The molecular weight excluding hydrogens is 279 g/mol. The molecule has 1 unspecified atom stereocenters. The van der Waals surface area contributed by atoms with Crippen molar-refractivity contribution in [1.82, 2.24) is 4.98 Å². The number of hydrogen-bond donors (Lipinski definition) is 1. The summed E-state index contributed by atoms with van der Waals surface area (Å²) < 4.78 is 13.2. The molecule has 0 aliphatic rings. The number of benzene rings is 1. The van der Waals surface area contributed by atoms with Crippen LogP contribution in [0.5, 0.6) is 0 Å². The van der Waals surface area contributed by atoms with E-state index in [1.807, 2.05) is 0 Å². The maximum atomic E-state index is 13.2. The molecule has 1 aromatic heterocycles. The van der Waals surface area contributed by atoms with Crippen molar-refractivity contribution in [1.29, 1.82) is 0 Å². The number of hydrogen-bond acceptors (Lipinski definition) is 4. The van der Waals surface area contributed by atoms with Crippen molar-refractivity contribution in [3.05, 3.63) is 69.8 Å². The Morgan fingerprint density at radius 2 is 2.19 bits per heavy atom. The average molecular weight is 290 g/mol. The molecule has 1 aromatic carbocycles. The topological polar surface area (TPSA) is 93.3 Å². The van der Waals surface area contributed by atoms with E-state index in [9.17, 15) is 24.4 Å². The van der Waals surface area contributed by atoms with E-state index in [4.69, 9.17) is 0 Å². The predicted molar refractivity (Wildman–Crippen MR) is 71.4 cm³/mol. The van der Waals surface area contributed by atoms with E-state index in [1.165, 1.54) is 30.5 Å². The highest BCUT2D eigenvalue weighted by Gasteiger charge is 2.28. The van der Waals surface area contributed by atoms with Crippen LogP contribution in [0.4, 0.5) is 10.1 Å². The van der Waals surface area contributed by atoms with Crippen molar-refractivity contribution in [3.8, 4) is 0 Å². The number of aromatic nitrogens is 1. The largest absolute Gasteiger partial charge is 0.481 e. The van der Waals surface area contributed by atoms with Crippen molar-refractivity contribution in [2.24, 2.45) is 0 Å². The van der Waals surface area contributed by atoms with Crippen LogP contribution in [-0.4, -0.2) is 21.0 Å². The molecule has 0 spiro atoms. The minimum absolute atomic E-state index is 0.0437. The highest BCUT2D eigenvalue weighted by atomic mass is 19.1. The zero-order chi connectivity index (χ0) is 15.4. The third-order valence-electron chi connectivity index (χ3n) is 3.03. The maximum absolute atomic E-state index is 13.2. The first kappa shape index (κ1) is 14.6. The molecule has 108 valence electrons. The van der Waals surface area contributed by atoms with Gasteiger partial charge in [0.1, 0.15) is 12.0 Å². The molecule has 0 aliphatic carbocycles. The molecule has 7 heteroatoms. The van der Waals surface area contributed by atoms with Crippen LogP contribution in [0.15, 0.2) is 42.7 Å². The fourth-order valence-electron chi connectivity index (χ4n) is 2.07. The van der Waals surface area contributed by atoms with Gasteiger partial charge in [-0.2, -0.15) is 0 Å². The lowest BCUT2D eigenvalue weighted by atomic mass is 9.91. The normalized spacial score (nSPS) is 11.9. The molecule has 2 rings (SSSR count). The number of nitrogens with zero attached hydrogens (tertiary/aromatic N) is 2.